The monoisotopic (exact) mass is 241 g/mol. The highest BCUT2D eigenvalue weighted by Gasteiger charge is 2.21. The van der Waals surface area contributed by atoms with Crippen molar-refractivity contribution in [1.29, 1.82) is 0 Å². The summed E-state index contributed by atoms with van der Waals surface area (Å²) in [6, 6.07) is 0. The number of rotatable bonds is 7. The summed E-state index contributed by atoms with van der Waals surface area (Å²) in [5, 5.41) is 1.02. The fraction of sp³-hybridized carbons (Fsp3) is 0.727. The molecule has 0 atom stereocenters. The zero-order valence-corrected chi connectivity index (χ0v) is 10.5. The van der Waals surface area contributed by atoms with Crippen molar-refractivity contribution in [1.82, 2.24) is 4.98 Å². The normalized spacial score (nSPS) is 15.4. The smallest absolute Gasteiger partial charge is 0.185 e. The van der Waals surface area contributed by atoms with Crippen LogP contribution >= 0.6 is 11.3 Å². The number of nitrogens with zero attached hydrogens (tertiary/aromatic N) is 2. The van der Waals surface area contributed by atoms with Crippen molar-refractivity contribution in [3.63, 3.8) is 0 Å². The lowest BCUT2D eigenvalue weighted by molar-refractivity contribution is 0.131. The van der Waals surface area contributed by atoms with E-state index in [1.165, 1.54) is 12.8 Å². The summed E-state index contributed by atoms with van der Waals surface area (Å²) in [5.74, 6) is 0.842. The van der Waals surface area contributed by atoms with Crippen LogP contribution in [0.5, 0.6) is 0 Å². The van der Waals surface area contributed by atoms with Crippen LogP contribution in [0.15, 0.2) is 6.20 Å². The Bertz CT molecular complexity index is 325. The molecule has 1 heterocycles. The Labute approximate surface area is 100 Å². The molecule has 1 fully saturated rings. The van der Waals surface area contributed by atoms with Gasteiger partial charge < -0.3 is 15.4 Å². The number of hydrogen-bond donors (Lipinski definition) is 1. The number of nitrogens with two attached hydrogens (primary N) is 1. The zero-order chi connectivity index (χ0) is 11.4. The third kappa shape index (κ3) is 3.43. The average Bonchev–Trinajstić information content (AvgIpc) is 2.99. The first-order chi connectivity index (χ1) is 7.79. The van der Waals surface area contributed by atoms with Crippen LogP contribution in [-0.2, 0) is 11.3 Å². The molecular weight excluding hydrogens is 222 g/mol. The van der Waals surface area contributed by atoms with Gasteiger partial charge in [-0.05, 0) is 18.8 Å². The molecule has 0 spiro atoms. The van der Waals surface area contributed by atoms with E-state index < -0.39 is 0 Å². The van der Waals surface area contributed by atoms with Crippen LogP contribution in [0, 0.1) is 5.92 Å². The van der Waals surface area contributed by atoms with Gasteiger partial charge >= 0.3 is 0 Å². The van der Waals surface area contributed by atoms with E-state index in [0.717, 1.165) is 35.7 Å². The van der Waals surface area contributed by atoms with E-state index in [1.54, 1.807) is 11.3 Å². The third-order valence-corrected chi connectivity index (χ3v) is 3.82. The number of hydrogen-bond acceptors (Lipinski definition) is 5. The topological polar surface area (TPSA) is 51.4 Å². The minimum Gasteiger partial charge on any atom is -0.379 e. The van der Waals surface area contributed by atoms with Crippen molar-refractivity contribution < 1.29 is 4.74 Å². The van der Waals surface area contributed by atoms with Crippen molar-refractivity contribution >= 4 is 16.5 Å². The maximum atomic E-state index is 5.59. The number of thiazole rings is 1. The molecule has 1 aliphatic rings. The van der Waals surface area contributed by atoms with Crippen LogP contribution in [0.1, 0.15) is 17.7 Å². The summed E-state index contributed by atoms with van der Waals surface area (Å²) in [5.41, 5.74) is 5.55. The molecule has 0 amide bonds. The van der Waals surface area contributed by atoms with Crippen molar-refractivity contribution in [2.45, 2.75) is 19.4 Å². The van der Waals surface area contributed by atoms with Gasteiger partial charge in [-0.1, -0.05) is 0 Å². The number of anilines is 1. The second-order valence-corrected chi connectivity index (χ2v) is 5.35. The molecule has 16 heavy (non-hydrogen) atoms. The molecule has 1 saturated carbocycles. The second kappa shape index (κ2) is 5.61. The molecule has 0 radical (unpaired) electrons. The number of aromatic nitrogens is 1. The van der Waals surface area contributed by atoms with E-state index >= 15 is 0 Å². The van der Waals surface area contributed by atoms with Gasteiger partial charge in [-0.2, -0.15) is 0 Å². The summed E-state index contributed by atoms with van der Waals surface area (Å²) < 4.78 is 5.59. The van der Waals surface area contributed by atoms with E-state index in [9.17, 15) is 0 Å². The highest BCUT2D eigenvalue weighted by atomic mass is 32.1. The summed E-state index contributed by atoms with van der Waals surface area (Å²) in [6.07, 6.45) is 4.55. The molecule has 1 aliphatic carbocycles. The first-order valence-corrected chi connectivity index (χ1v) is 6.55. The standard InChI is InChI=1S/C11H19N3OS/c1-14(4-5-15-8-9-2-3-9)11-13-7-10(6-12)16-11/h7,9H,2-6,8,12H2,1H3. The van der Waals surface area contributed by atoms with Crippen molar-refractivity contribution in [2.75, 3.05) is 31.7 Å². The Morgan fingerprint density at radius 1 is 1.62 bits per heavy atom. The lowest BCUT2D eigenvalue weighted by Crippen LogP contribution is -2.22. The number of likely N-dealkylation sites (N-methyl/N-ethyl adjacent to an activating group) is 1. The van der Waals surface area contributed by atoms with Crippen LogP contribution in [0.4, 0.5) is 5.13 Å². The first-order valence-electron chi connectivity index (χ1n) is 5.73. The SMILES string of the molecule is CN(CCOCC1CC1)c1ncc(CN)s1. The van der Waals surface area contributed by atoms with E-state index in [1.807, 2.05) is 13.2 Å². The van der Waals surface area contributed by atoms with Gasteiger partial charge in [-0.15, -0.1) is 11.3 Å². The van der Waals surface area contributed by atoms with Gasteiger partial charge in [0, 0.05) is 37.8 Å². The highest BCUT2D eigenvalue weighted by molar-refractivity contribution is 7.15. The third-order valence-electron chi connectivity index (χ3n) is 2.69. The summed E-state index contributed by atoms with van der Waals surface area (Å²) in [4.78, 5) is 7.57. The summed E-state index contributed by atoms with van der Waals surface area (Å²) in [7, 11) is 2.04. The second-order valence-electron chi connectivity index (χ2n) is 4.25. The summed E-state index contributed by atoms with van der Waals surface area (Å²) in [6.45, 7) is 3.18. The van der Waals surface area contributed by atoms with Crippen LogP contribution in [0.3, 0.4) is 0 Å². The Balaban J connectivity index is 1.67. The van der Waals surface area contributed by atoms with Gasteiger partial charge in [-0.25, -0.2) is 4.98 Å². The van der Waals surface area contributed by atoms with E-state index in [-0.39, 0.29) is 0 Å². The Kier molecular flexibility index (Phi) is 4.15. The maximum absolute atomic E-state index is 5.59. The molecule has 0 aromatic carbocycles. The predicted octanol–water partition coefficient (Wildman–Crippen LogP) is 1.46. The minimum atomic E-state index is 0.573. The van der Waals surface area contributed by atoms with Crippen LogP contribution in [0.2, 0.25) is 0 Å². The molecular formula is C11H19N3OS. The number of ether oxygens (including phenoxy) is 1. The highest BCUT2D eigenvalue weighted by Crippen LogP contribution is 2.28. The van der Waals surface area contributed by atoms with Crippen LogP contribution < -0.4 is 10.6 Å². The Morgan fingerprint density at radius 3 is 3.06 bits per heavy atom. The van der Waals surface area contributed by atoms with Gasteiger partial charge in [0.1, 0.15) is 0 Å². The maximum Gasteiger partial charge on any atom is 0.185 e. The lowest BCUT2D eigenvalue weighted by Gasteiger charge is -2.15. The van der Waals surface area contributed by atoms with Gasteiger partial charge in [-0.3, -0.25) is 0 Å². The zero-order valence-electron chi connectivity index (χ0n) is 9.69. The molecule has 0 saturated heterocycles. The van der Waals surface area contributed by atoms with Gasteiger partial charge in [0.2, 0.25) is 0 Å². The Hall–Kier alpha value is -0.650. The quantitative estimate of drug-likeness (QED) is 0.734. The largest absolute Gasteiger partial charge is 0.379 e. The molecule has 0 unspecified atom stereocenters. The lowest BCUT2D eigenvalue weighted by atomic mass is 10.5. The summed E-state index contributed by atoms with van der Waals surface area (Å²) >= 11 is 1.65. The molecule has 2 N–H and O–H groups in total. The van der Waals surface area contributed by atoms with Crippen LogP contribution in [0.25, 0.3) is 0 Å². The van der Waals surface area contributed by atoms with Crippen molar-refractivity contribution in [3.05, 3.63) is 11.1 Å². The minimum absolute atomic E-state index is 0.573. The van der Waals surface area contributed by atoms with Crippen molar-refractivity contribution in [3.8, 4) is 0 Å². The van der Waals surface area contributed by atoms with Gasteiger partial charge in [0.15, 0.2) is 5.13 Å². The molecule has 0 bridgehead atoms. The van der Waals surface area contributed by atoms with Gasteiger partial charge in [0.25, 0.3) is 0 Å². The molecule has 0 aliphatic heterocycles. The average molecular weight is 241 g/mol. The van der Waals surface area contributed by atoms with Crippen molar-refractivity contribution in [2.24, 2.45) is 11.7 Å². The molecule has 4 nitrogen and oxygen atoms in total. The molecule has 90 valence electrons. The fourth-order valence-electron chi connectivity index (χ4n) is 1.40. The first kappa shape index (κ1) is 11.8. The van der Waals surface area contributed by atoms with E-state index in [2.05, 4.69) is 9.88 Å². The Morgan fingerprint density at radius 2 is 2.44 bits per heavy atom. The fourth-order valence-corrected chi connectivity index (χ4v) is 2.18. The van der Waals surface area contributed by atoms with Gasteiger partial charge in [0.05, 0.1) is 6.61 Å². The van der Waals surface area contributed by atoms with E-state index in [4.69, 9.17) is 10.5 Å². The molecule has 1 aromatic rings. The molecule has 5 heteroatoms. The van der Waals surface area contributed by atoms with Crippen LogP contribution in [-0.4, -0.2) is 31.8 Å². The van der Waals surface area contributed by atoms with E-state index in [0.29, 0.717) is 6.54 Å². The predicted molar refractivity (Wildman–Crippen MR) is 66.8 cm³/mol. The molecule has 1 aromatic heterocycles. The molecule has 2 rings (SSSR count).